The molecule has 0 spiro atoms. The van der Waals surface area contributed by atoms with Crippen LogP contribution in [0.15, 0.2) is 0 Å². The maximum atomic E-state index is 10.8. The van der Waals surface area contributed by atoms with Gasteiger partial charge < -0.3 is 10.4 Å². The van der Waals surface area contributed by atoms with Crippen LogP contribution in [0.4, 0.5) is 0 Å². The highest BCUT2D eigenvalue weighted by molar-refractivity contribution is 5.90. The summed E-state index contributed by atoms with van der Waals surface area (Å²) in [4.78, 5) is 10.8. The molecule has 2 N–H and O–H groups in total. The van der Waals surface area contributed by atoms with Crippen LogP contribution in [-0.2, 0) is 4.79 Å². The molecule has 1 aliphatic heterocycles. The standard InChI is InChI=1S/C8H15NO2/c1-2-3-4-5-8(11)6-9-7(8)10/h11H,2-6H2,1H3,(H,9,10). The van der Waals surface area contributed by atoms with Crippen LogP contribution in [-0.4, -0.2) is 23.2 Å². The highest BCUT2D eigenvalue weighted by Gasteiger charge is 2.43. The summed E-state index contributed by atoms with van der Waals surface area (Å²) in [5, 5.41) is 12.0. The van der Waals surface area contributed by atoms with Crippen molar-refractivity contribution in [2.75, 3.05) is 6.54 Å². The van der Waals surface area contributed by atoms with Crippen LogP contribution < -0.4 is 5.32 Å². The number of rotatable bonds is 4. The molecule has 0 radical (unpaired) electrons. The Morgan fingerprint density at radius 2 is 2.36 bits per heavy atom. The Morgan fingerprint density at radius 1 is 1.64 bits per heavy atom. The van der Waals surface area contributed by atoms with E-state index in [4.69, 9.17) is 0 Å². The first-order valence-corrected chi connectivity index (χ1v) is 4.20. The van der Waals surface area contributed by atoms with Crippen LogP contribution in [0, 0.1) is 0 Å². The molecule has 0 aromatic carbocycles. The highest BCUT2D eigenvalue weighted by atomic mass is 16.3. The lowest BCUT2D eigenvalue weighted by atomic mass is 9.89. The molecule has 1 aliphatic rings. The third-order valence-electron chi connectivity index (χ3n) is 2.16. The number of hydrogen-bond donors (Lipinski definition) is 2. The predicted molar refractivity (Wildman–Crippen MR) is 42.1 cm³/mol. The van der Waals surface area contributed by atoms with E-state index in [2.05, 4.69) is 12.2 Å². The summed E-state index contributed by atoms with van der Waals surface area (Å²) in [5.74, 6) is -0.200. The molecular formula is C8H15NO2. The van der Waals surface area contributed by atoms with Gasteiger partial charge in [-0.15, -0.1) is 0 Å². The first kappa shape index (κ1) is 8.53. The van der Waals surface area contributed by atoms with Gasteiger partial charge >= 0.3 is 0 Å². The Hall–Kier alpha value is -0.570. The van der Waals surface area contributed by atoms with Crippen molar-refractivity contribution in [3.05, 3.63) is 0 Å². The van der Waals surface area contributed by atoms with E-state index >= 15 is 0 Å². The summed E-state index contributed by atoms with van der Waals surface area (Å²) in [5.41, 5.74) is -1.02. The van der Waals surface area contributed by atoms with Crippen molar-refractivity contribution in [1.29, 1.82) is 0 Å². The molecule has 0 aromatic heterocycles. The largest absolute Gasteiger partial charge is 0.378 e. The summed E-state index contributed by atoms with van der Waals surface area (Å²) >= 11 is 0. The Bertz CT molecular complexity index is 158. The molecule has 1 atom stereocenters. The third kappa shape index (κ3) is 1.71. The molecule has 3 heteroatoms. The fraction of sp³-hybridized carbons (Fsp3) is 0.875. The smallest absolute Gasteiger partial charge is 0.253 e. The van der Waals surface area contributed by atoms with Gasteiger partial charge in [-0.1, -0.05) is 19.8 Å². The normalized spacial score (nSPS) is 29.5. The minimum absolute atomic E-state index is 0.200. The van der Waals surface area contributed by atoms with Crippen LogP contribution in [0.5, 0.6) is 0 Å². The zero-order chi connectivity index (χ0) is 8.32. The van der Waals surface area contributed by atoms with Crippen LogP contribution in [0.1, 0.15) is 32.6 Å². The number of β-lactam (4-membered cyclic amide) rings is 1. The highest BCUT2D eigenvalue weighted by Crippen LogP contribution is 2.20. The van der Waals surface area contributed by atoms with Gasteiger partial charge in [0.05, 0.1) is 6.54 Å². The number of unbranched alkanes of at least 4 members (excludes halogenated alkanes) is 2. The summed E-state index contributed by atoms with van der Waals surface area (Å²) < 4.78 is 0. The summed E-state index contributed by atoms with van der Waals surface area (Å²) in [6.07, 6.45) is 3.78. The van der Waals surface area contributed by atoms with Crippen LogP contribution in [0.3, 0.4) is 0 Å². The van der Waals surface area contributed by atoms with E-state index in [1.807, 2.05) is 0 Å². The van der Waals surface area contributed by atoms with Crippen LogP contribution in [0.25, 0.3) is 0 Å². The monoisotopic (exact) mass is 157 g/mol. The van der Waals surface area contributed by atoms with Gasteiger partial charge in [0.25, 0.3) is 5.91 Å². The topological polar surface area (TPSA) is 49.3 Å². The van der Waals surface area contributed by atoms with Gasteiger partial charge in [-0.3, -0.25) is 4.79 Å². The molecule has 0 bridgehead atoms. The van der Waals surface area contributed by atoms with Crippen molar-refractivity contribution in [2.24, 2.45) is 0 Å². The molecular weight excluding hydrogens is 142 g/mol. The number of amides is 1. The molecule has 11 heavy (non-hydrogen) atoms. The molecule has 1 rings (SSSR count). The van der Waals surface area contributed by atoms with Crippen molar-refractivity contribution in [1.82, 2.24) is 5.32 Å². The van der Waals surface area contributed by atoms with Crippen LogP contribution in [0.2, 0.25) is 0 Å². The second kappa shape index (κ2) is 3.22. The Morgan fingerprint density at radius 3 is 2.73 bits per heavy atom. The quantitative estimate of drug-likeness (QED) is 0.459. The second-order valence-corrected chi connectivity index (χ2v) is 3.17. The van der Waals surface area contributed by atoms with E-state index in [0.29, 0.717) is 13.0 Å². The van der Waals surface area contributed by atoms with Crippen molar-refractivity contribution in [3.63, 3.8) is 0 Å². The summed E-state index contributed by atoms with van der Waals surface area (Å²) in [7, 11) is 0. The molecule has 1 amide bonds. The van der Waals surface area contributed by atoms with Crippen LogP contribution >= 0.6 is 0 Å². The first-order chi connectivity index (χ1) is 5.19. The maximum Gasteiger partial charge on any atom is 0.253 e. The molecule has 1 fully saturated rings. The molecule has 0 aromatic rings. The molecule has 3 nitrogen and oxygen atoms in total. The maximum absolute atomic E-state index is 10.8. The average molecular weight is 157 g/mol. The number of carbonyl (C=O) groups is 1. The summed E-state index contributed by atoms with van der Waals surface area (Å²) in [6.45, 7) is 2.54. The lowest BCUT2D eigenvalue weighted by Gasteiger charge is -2.35. The Kier molecular flexibility index (Phi) is 2.49. The Labute approximate surface area is 66.8 Å². The zero-order valence-electron chi connectivity index (χ0n) is 6.89. The minimum Gasteiger partial charge on any atom is -0.378 e. The van der Waals surface area contributed by atoms with E-state index in [1.54, 1.807) is 0 Å². The molecule has 64 valence electrons. The van der Waals surface area contributed by atoms with Gasteiger partial charge in [-0.2, -0.15) is 0 Å². The molecule has 0 saturated carbocycles. The number of β-amino-alcohol motifs (C(OH)–C–C–N with tert-alkyl or cyclic N) is 1. The second-order valence-electron chi connectivity index (χ2n) is 3.17. The number of carbonyl (C=O) groups excluding carboxylic acids is 1. The van der Waals surface area contributed by atoms with Gasteiger partial charge in [-0.25, -0.2) is 0 Å². The van der Waals surface area contributed by atoms with E-state index in [1.165, 1.54) is 0 Å². The molecule has 1 heterocycles. The van der Waals surface area contributed by atoms with Crippen molar-refractivity contribution in [3.8, 4) is 0 Å². The molecule has 1 unspecified atom stereocenters. The van der Waals surface area contributed by atoms with Gasteiger partial charge in [-0.05, 0) is 12.8 Å². The fourth-order valence-corrected chi connectivity index (χ4v) is 1.23. The van der Waals surface area contributed by atoms with E-state index in [0.717, 1.165) is 19.3 Å². The number of aliphatic hydroxyl groups is 1. The van der Waals surface area contributed by atoms with Gasteiger partial charge in [0.1, 0.15) is 0 Å². The van der Waals surface area contributed by atoms with E-state index in [-0.39, 0.29) is 5.91 Å². The lowest BCUT2D eigenvalue weighted by Crippen LogP contribution is -2.64. The lowest BCUT2D eigenvalue weighted by molar-refractivity contribution is -0.152. The van der Waals surface area contributed by atoms with Gasteiger partial charge in [0, 0.05) is 0 Å². The average Bonchev–Trinajstić information content (AvgIpc) is 2.02. The first-order valence-electron chi connectivity index (χ1n) is 4.20. The fourth-order valence-electron chi connectivity index (χ4n) is 1.23. The molecule has 1 saturated heterocycles. The van der Waals surface area contributed by atoms with Crippen molar-refractivity contribution < 1.29 is 9.90 Å². The van der Waals surface area contributed by atoms with Crippen molar-refractivity contribution in [2.45, 2.75) is 38.2 Å². The number of hydrogen-bond acceptors (Lipinski definition) is 2. The SMILES string of the molecule is CCCCCC1(O)CNC1=O. The van der Waals surface area contributed by atoms with E-state index < -0.39 is 5.60 Å². The Balaban J connectivity index is 2.19. The zero-order valence-corrected chi connectivity index (χ0v) is 6.89. The van der Waals surface area contributed by atoms with E-state index in [9.17, 15) is 9.90 Å². The summed E-state index contributed by atoms with van der Waals surface area (Å²) in [6, 6.07) is 0. The van der Waals surface area contributed by atoms with Gasteiger partial charge in [0.15, 0.2) is 5.60 Å². The third-order valence-corrected chi connectivity index (χ3v) is 2.16. The minimum atomic E-state index is -1.02. The predicted octanol–water partition coefficient (Wildman–Crippen LogP) is 0.428. The number of nitrogens with one attached hydrogen (secondary N) is 1. The van der Waals surface area contributed by atoms with Gasteiger partial charge in [0.2, 0.25) is 0 Å². The van der Waals surface area contributed by atoms with Crippen molar-refractivity contribution >= 4 is 5.91 Å². The molecule has 0 aliphatic carbocycles.